The van der Waals surface area contributed by atoms with Gasteiger partial charge in [0.1, 0.15) is 11.6 Å². The summed E-state index contributed by atoms with van der Waals surface area (Å²) in [6.07, 6.45) is 1.93. The average molecular weight is 277 g/mol. The van der Waals surface area contributed by atoms with Crippen molar-refractivity contribution in [2.45, 2.75) is 26.4 Å². The van der Waals surface area contributed by atoms with Crippen LogP contribution in [0, 0.1) is 5.82 Å². The summed E-state index contributed by atoms with van der Waals surface area (Å²) in [4.78, 5) is 0. The zero-order valence-electron chi connectivity index (χ0n) is 8.59. The summed E-state index contributed by atoms with van der Waals surface area (Å²) in [5.74, 6) is -0.0295. The van der Waals surface area contributed by atoms with Gasteiger partial charge in [0.15, 0.2) is 0 Å². The monoisotopic (exact) mass is 276 g/mol. The molecule has 1 N–H and O–H groups in total. The van der Waals surface area contributed by atoms with Gasteiger partial charge in [0.25, 0.3) is 0 Å². The molecule has 0 aliphatic carbocycles. The molecule has 0 spiro atoms. The van der Waals surface area contributed by atoms with Gasteiger partial charge in [0, 0.05) is 0 Å². The summed E-state index contributed by atoms with van der Waals surface area (Å²) < 4.78 is 19.4. The van der Waals surface area contributed by atoms with Gasteiger partial charge in [-0.1, -0.05) is 13.3 Å². The molecule has 1 aromatic carbocycles. The Kier molecular flexibility index (Phi) is 5.05. The predicted octanol–water partition coefficient (Wildman–Crippen LogP) is 3.26. The molecule has 0 bridgehead atoms. The number of unbranched alkanes of at least 4 members (excludes halogenated alkanes) is 1. The van der Waals surface area contributed by atoms with Gasteiger partial charge in [0.05, 0.1) is 23.2 Å². The number of rotatable bonds is 5. The van der Waals surface area contributed by atoms with Crippen molar-refractivity contribution in [1.29, 1.82) is 0 Å². The number of benzene rings is 1. The van der Waals surface area contributed by atoms with E-state index in [4.69, 9.17) is 9.84 Å². The lowest BCUT2D eigenvalue weighted by atomic mass is 10.2. The lowest BCUT2D eigenvalue weighted by Gasteiger charge is -2.12. The molecular formula is C11H14BrFO2. The second-order valence-corrected chi connectivity index (χ2v) is 4.05. The molecule has 0 amide bonds. The van der Waals surface area contributed by atoms with Crippen molar-refractivity contribution in [1.82, 2.24) is 0 Å². The third kappa shape index (κ3) is 3.18. The van der Waals surface area contributed by atoms with E-state index in [1.54, 1.807) is 6.07 Å². The topological polar surface area (TPSA) is 29.5 Å². The molecule has 1 rings (SSSR count). The van der Waals surface area contributed by atoms with Gasteiger partial charge in [0.2, 0.25) is 0 Å². The first-order chi connectivity index (χ1) is 7.20. The SMILES string of the molecule is CCCCOc1c(Br)ccc(F)c1CO. The molecule has 0 atom stereocenters. The quantitative estimate of drug-likeness (QED) is 0.837. The standard InChI is InChI=1S/C11H14BrFO2/c1-2-3-6-15-11-8(7-14)10(13)5-4-9(11)12/h4-5,14H,2-3,6-7H2,1H3. The van der Waals surface area contributed by atoms with E-state index in [-0.39, 0.29) is 12.2 Å². The zero-order chi connectivity index (χ0) is 11.3. The third-order valence-corrected chi connectivity index (χ3v) is 2.68. The molecule has 15 heavy (non-hydrogen) atoms. The molecule has 0 fully saturated rings. The second-order valence-electron chi connectivity index (χ2n) is 3.20. The fraction of sp³-hybridized carbons (Fsp3) is 0.455. The van der Waals surface area contributed by atoms with Crippen LogP contribution in [0.4, 0.5) is 4.39 Å². The van der Waals surface area contributed by atoms with Crippen molar-refractivity contribution in [2.24, 2.45) is 0 Å². The zero-order valence-corrected chi connectivity index (χ0v) is 10.2. The summed E-state index contributed by atoms with van der Waals surface area (Å²) in [5, 5.41) is 9.04. The lowest BCUT2D eigenvalue weighted by Crippen LogP contribution is -2.02. The molecule has 0 aromatic heterocycles. The van der Waals surface area contributed by atoms with Gasteiger partial charge >= 0.3 is 0 Å². The number of halogens is 2. The minimum Gasteiger partial charge on any atom is -0.492 e. The van der Waals surface area contributed by atoms with Gasteiger partial charge in [-0.25, -0.2) is 4.39 Å². The molecule has 0 aliphatic rings. The predicted molar refractivity (Wildman–Crippen MR) is 60.4 cm³/mol. The fourth-order valence-electron chi connectivity index (χ4n) is 1.20. The van der Waals surface area contributed by atoms with Crippen molar-refractivity contribution < 1.29 is 14.2 Å². The minimum absolute atomic E-state index is 0.209. The minimum atomic E-state index is -0.438. The van der Waals surface area contributed by atoms with Gasteiger partial charge < -0.3 is 9.84 Å². The number of aliphatic hydroxyl groups is 1. The van der Waals surface area contributed by atoms with Gasteiger partial charge in [-0.3, -0.25) is 0 Å². The Morgan fingerprint density at radius 2 is 2.20 bits per heavy atom. The number of hydrogen-bond donors (Lipinski definition) is 1. The fourth-order valence-corrected chi connectivity index (χ4v) is 1.68. The largest absolute Gasteiger partial charge is 0.492 e. The van der Waals surface area contributed by atoms with Gasteiger partial charge in [-0.2, -0.15) is 0 Å². The van der Waals surface area contributed by atoms with Crippen molar-refractivity contribution in [3.8, 4) is 5.75 Å². The van der Waals surface area contributed by atoms with E-state index < -0.39 is 5.82 Å². The van der Waals surface area contributed by atoms with E-state index in [0.29, 0.717) is 16.8 Å². The second kappa shape index (κ2) is 6.08. The Bertz CT molecular complexity index is 329. The molecule has 4 heteroatoms. The van der Waals surface area contributed by atoms with Crippen LogP contribution in [0.15, 0.2) is 16.6 Å². The maximum Gasteiger partial charge on any atom is 0.141 e. The first kappa shape index (κ1) is 12.5. The van der Waals surface area contributed by atoms with Crippen molar-refractivity contribution in [3.63, 3.8) is 0 Å². The Labute approximate surface area is 97.2 Å². The van der Waals surface area contributed by atoms with Crippen molar-refractivity contribution in [2.75, 3.05) is 6.61 Å². The smallest absolute Gasteiger partial charge is 0.141 e. The Balaban J connectivity index is 2.87. The van der Waals surface area contributed by atoms with Crippen molar-refractivity contribution >= 4 is 15.9 Å². The van der Waals surface area contributed by atoms with E-state index >= 15 is 0 Å². The summed E-state index contributed by atoms with van der Waals surface area (Å²) in [6, 6.07) is 2.89. The van der Waals surface area contributed by atoms with E-state index in [9.17, 15) is 4.39 Å². The number of aliphatic hydroxyl groups excluding tert-OH is 1. The maximum atomic E-state index is 13.3. The van der Waals surface area contributed by atoms with Gasteiger partial charge in [-0.15, -0.1) is 0 Å². The average Bonchev–Trinajstić information content (AvgIpc) is 2.23. The van der Waals surface area contributed by atoms with Crippen LogP contribution in [0.2, 0.25) is 0 Å². The van der Waals surface area contributed by atoms with E-state index in [2.05, 4.69) is 22.9 Å². The Morgan fingerprint density at radius 3 is 2.80 bits per heavy atom. The lowest BCUT2D eigenvalue weighted by molar-refractivity contribution is 0.253. The molecule has 0 unspecified atom stereocenters. The third-order valence-electron chi connectivity index (χ3n) is 2.06. The van der Waals surface area contributed by atoms with Gasteiger partial charge in [-0.05, 0) is 34.5 Å². The van der Waals surface area contributed by atoms with Crippen LogP contribution in [0.3, 0.4) is 0 Å². The molecule has 0 aliphatic heterocycles. The molecule has 84 valence electrons. The number of ether oxygens (including phenoxy) is 1. The highest BCUT2D eigenvalue weighted by molar-refractivity contribution is 9.10. The molecule has 0 radical (unpaired) electrons. The van der Waals surface area contributed by atoms with Crippen LogP contribution in [-0.2, 0) is 6.61 Å². The van der Waals surface area contributed by atoms with E-state index in [1.165, 1.54) is 6.07 Å². The summed E-state index contributed by atoms with van der Waals surface area (Å²) in [7, 11) is 0. The highest BCUT2D eigenvalue weighted by atomic mass is 79.9. The van der Waals surface area contributed by atoms with Crippen LogP contribution in [0.5, 0.6) is 5.75 Å². The first-order valence-electron chi connectivity index (χ1n) is 4.91. The molecule has 0 saturated heterocycles. The van der Waals surface area contributed by atoms with Crippen LogP contribution < -0.4 is 4.74 Å². The Morgan fingerprint density at radius 1 is 1.47 bits per heavy atom. The molecule has 0 saturated carbocycles. The van der Waals surface area contributed by atoms with Crippen LogP contribution >= 0.6 is 15.9 Å². The van der Waals surface area contributed by atoms with Crippen molar-refractivity contribution in [3.05, 3.63) is 28.0 Å². The summed E-state index contributed by atoms with van der Waals surface area (Å²) in [5.41, 5.74) is 0.209. The van der Waals surface area contributed by atoms with Crippen LogP contribution in [0.25, 0.3) is 0 Å². The van der Waals surface area contributed by atoms with E-state index in [1.807, 2.05) is 0 Å². The molecule has 0 heterocycles. The van der Waals surface area contributed by atoms with E-state index in [0.717, 1.165) is 12.8 Å². The molecule has 2 nitrogen and oxygen atoms in total. The highest BCUT2D eigenvalue weighted by Gasteiger charge is 2.12. The normalized spacial score (nSPS) is 10.4. The first-order valence-corrected chi connectivity index (χ1v) is 5.70. The Hall–Kier alpha value is -0.610. The highest BCUT2D eigenvalue weighted by Crippen LogP contribution is 2.31. The number of hydrogen-bond acceptors (Lipinski definition) is 2. The summed E-state index contributed by atoms with van der Waals surface area (Å²) >= 11 is 3.27. The maximum absolute atomic E-state index is 13.3. The van der Waals surface area contributed by atoms with Crippen LogP contribution in [0.1, 0.15) is 25.3 Å². The molecular weight excluding hydrogens is 263 g/mol. The molecule has 1 aromatic rings. The van der Waals surface area contributed by atoms with Crippen LogP contribution in [-0.4, -0.2) is 11.7 Å². The summed E-state index contributed by atoms with van der Waals surface area (Å²) in [6.45, 7) is 2.23.